The second-order valence-electron chi connectivity index (χ2n) is 7.25. The number of aliphatic hydroxyl groups excluding tert-OH is 1. The summed E-state index contributed by atoms with van der Waals surface area (Å²) >= 11 is 0. The maximum Gasteiger partial charge on any atom is 0.318 e. The van der Waals surface area contributed by atoms with Crippen molar-refractivity contribution >= 4 is 6.03 Å². The lowest BCUT2D eigenvalue weighted by molar-refractivity contribution is 0.144. The molecule has 0 radical (unpaired) electrons. The monoisotopic (exact) mass is 404 g/mol. The molecule has 2 aromatic rings. The number of aromatic nitrogens is 2. The number of likely N-dealkylation sites (N-methyl/N-ethyl adjacent to an activating group) is 1. The molecule has 2 amide bonds. The summed E-state index contributed by atoms with van der Waals surface area (Å²) in [6.07, 6.45) is 0.422. The molecule has 0 spiro atoms. The lowest BCUT2D eigenvalue weighted by atomic mass is 10.1. The van der Waals surface area contributed by atoms with Crippen LogP contribution in [0.2, 0.25) is 0 Å². The number of carbonyl (C=O) groups is 1. The van der Waals surface area contributed by atoms with E-state index >= 15 is 0 Å². The molecule has 158 valence electrons. The van der Waals surface area contributed by atoms with Crippen LogP contribution in [-0.2, 0) is 6.42 Å². The van der Waals surface area contributed by atoms with Gasteiger partial charge in [-0.3, -0.25) is 4.90 Å². The van der Waals surface area contributed by atoms with Crippen LogP contribution in [-0.4, -0.2) is 83.1 Å². The highest BCUT2D eigenvalue weighted by molar-refractivity contribution is 5.74. The minimum atomic E-state index is -0.537. The summed E-state index contributed by atoms with van der Waals surface area (Å²) < 4.78 is 5.83. The molecule has 10 heteroatoms. The summed E-state index contributed by atoms with van der Waals surface area (Å²) in [6.45, 7) is 2.59. The van der Waals surface area contributed by atoms with Gasteiger partial charge in [0.1, 0.15) is 17.8 Å². The lowest BCUT2D eigenvalue weighted by Crippen LogP contribution is -2.51. The number of benzene rings is 1. The Balaban J connectivity index is 1.80. The summed E-state index contributed by atoms with van der Waals surface area (Å²) in [4.78, 5) is 16.3. The molecule has 1 aliphatic heterocycles. The van der Waals surface area contributed by atoms with Crippen molar-refractivity contribution in [3.63, 3.8) is 0 Å². The van der Waals surface area contributed by atoms with Crippen LogP contribution in [0.5, 0.6) is 5.75 Å². The molecular weight excluding hydrogens is 376 g/mol. The van der Waals surface area contributed by atoms with Crippen LogP contribution in [0.1, 0.15) is 29.4 Å². The highest BCUT2D eigenvalue weighted by Gasteiger charge is 2.27. The molecule has 0 bridgehead atoms. The smallest absolute Gasteiger partial charge is 0.318 e. The van der Waals surface area contributed by atoms with Gasteiger partial charge in [0.2, 0.25) is 11.8 Å². The van der Waals surface area contributed by atoms with Gasteiger partial charge in [-0.1, -0.05) is 12.1 Å². The maximum absolute atomic E-state index is 12.7. The van der Waals surface area contributed by atoms with Gasteiger partial charge in [-0.15, -0.1) is 10.2 Å². The van der Waals surface area contributed by atoms with Crippen LogP contribution >= 0.6 is 0 Å². The Bertz CT molecular complexity index is 788. The molecule has 0 aliphatic carbocycles. The van der Waals surface area contributed by atoms with Gasteiger partial charge in [-0.2, -0.15) is 0 Å². The van der Waals surface area contributed by atoms with Gasteiger partial charge in [-0.25, -0.2) is 4.79 Å². The van der Waals surface area contributed by atoms with E-state index in [1.54, 1.807) is 34.1 Å². The molecule has 10 nitrogen and oxygen atoms in total. The van der Waals surface area contributed by atoms with Gasteiger partial charge in [0.05, 0.1) is 6.61 Å². The second kappa shape index (κ2) is 9.68. The van der Waals surface area contributed by atoms with Crippen molar-refractivity contribution in [1.82, 2.24) is 30.6 Å². The molecule has 1 fully saturated rings. The van der Waals surface area contributed by atoms with E-state index in [0.29, 0.717) is 25.4 Å². The first-order valence-electron chi connectivity index (χ1n) is 9.62. The zero-order valence-corrected chi connectivity index (χ0v) is 16.7. The quantitative estimate of drug-likeness (QED) is 0.518. The molecule has 3 rings (SSSR count). The second-order valence-corrected chi connectivity index (χ2v) is 7.25. The molecule has 1 aliphatic rings. The van der Waals surface area contributed by atoms with Crippen LogP contribution < -0.4 is 10.6 Å². The van der Waals surface area contributed by atoms with E-state index in [1.165, 1.54) is 0 Å². The highest BCUT2D eigenvalue weighted by atomic mass is 16.4. The Kier molecular flexibility index (Phi) is 7.02. The highest BCUT2D eigenvalue weighted by Crippen LogP contribution is 2.23. The predicted octanol–water partition coefficient (Wildman–Crippen LogP) is 0.269. The predicted molar refractivity (Wildman–Crippen MR) is 105 cm³/mol. The van der Waals surface area contributed by atoms with E-state index in [2.05, 4.69) is 20.8 Å². The zero-order valence-electron chi connectivity index (χ0n) is 16.7. The van der Waals surface area contributed by atoms with Crippen LogP contribution in [0.4, 0.5) is 4.79 Å². The average Bonchev–Trinajstić information content (AvgIpc) is 3.19. The maximum atomic E-state index is 12.7. The van der Waals surface area contributed by atoms with E-state index in [9.17, 15) is 15.0 Å². The van der Waals surface area contributed by atoms with Crippen molar-refractivity contribution in [2.45, 2.75) is 18.5 Å². The van der Waals surface area contributed by atoms with Gasteiger partial charge < -0.3 is 30.2 Å². The first-order chi connectivity index (χ1) is 14.0. The number of nitrogens with zero attached hydrogens (tertiary/aromatic N) is 4. The number of nitrogens with one attached hydrogen (secondary N) is 2. The zero-order chi connectivity index (χ0) is 20.8. The average molecular weight is 404 g/mol. The fourth-order valence-corrected chi connectivity index (χ4v) is 3.16. The van der Waals surface area contributed by atoms with Gasteiger partial charge in [0.25, 0.3) is 0 Å². The molecular formula is C19H28N6O4. The van der Waals surface area contributed by atoms with Gasteiger partial charge in [-0.05, 0) is 31.8 Å². The normalized spacial score (nSPS) is 16.6. The van der Waals surface area contributed by atoms with E-state index in [1.807, 2.05) is 14.1 Å². The van der Waals surface area contributed by atoms with E-state index in [0.717, 1.165) is 18.7 Å². The van der Waals surface area contributed by atoms with Crippen LogP contribution in [0.15, 0.2) is 28.7 Å². The number of phenolic OH excluding ortho intramolecular Hbond substituents is 1. The Morgan fingerprint density at radius 1 is 1.24 bits per heavy atom. The topological polar surface area (TPSA) is 127 Å². The summed E-state index contributed by atoms with van der Waals surface area (Å²) in [6, 6.07) is 5.61. The molecule has 4 N–H and O–H groups in total. The summed E-state index contributed by atoms with van der Waals surface area (Å²) in [5, 5.41) is 33.5. The van der Waals surface area contributed by atoms with Crippen molar-refractivity contribution in [2.24, 2.45) is 0 Å². The SMILES string of the molecule is CN(C)[C@@H](CO)c1nnc([C@H](Cc2ccc(O)cc2)NC(=O)N2CCNCC2)o1. The van der Waals surface area contributed by atoms with Crippen molar-refractivity contribution in [2.75, 3.05) is 46.9 Å². The van der Waals surface area contributed by atoms with E-state index in [-0.39, 0.29) is 24.3 Å². The summed E-state index contributed by atoms with van der Waals surface area (Å²) in [7, 11) is 3.62. The fraction of sp³-hybridized carbons (Fsp3) is 0.526. The number of phenols is 1. The number of carbonyl (C=O) groups excluding carboxylic acids is 1. The third kappa shape index (κ3) is 5.43. The van der Waals surface area contributed by atoms with Crippen molar-refractivity contribution in [1.29, 1.82) is 0 Å². The Morgan fingerprint density at radius 3 is 2.52 bits per heavy atom. The fourth-order valence-electron chi connectivity index (χ4n) is 3.16. The van der Waals surface area contributed by atoms with Crippen molar-refractivity contribution in [3.05, 3.63) is 41.6 Å². The molecule has 2 heterocycles. The standard InChI is InChI=1S/C19H28N6O4/c1-24(2)16(12-26)18-23-22-17(29-18)15(11-13-3-5-14(27)6-4-13)21-19(28)25-9-7-20-8-10-25/h3-6,15-16,20,26-27H,7-12H2,1-2H3,(H,21,28)/t15-,16-/m0/s1. The number of amides is 2. The van der Waals surface area contributed by atoms with Crippen LogP contribution in [0.25, 0.3) is 0 Å². The summed E-state index contributed by atoms with van der Waals surface area (Å²) in [5.41, 5.74) is 0.902. The van der Waals surface area contributed by atoms with Crippen LogP contribution in [0.3, 0.4) is 0 Å². The Labute approximate surface area is 169 Å². The number of hydrogen-bond acceptors (Lipinski definition) is 8. The van der Waals surface area contributed by atoms with Crippen molar-refractivity contribution < 1.29 is 19.4 Å². The number of piperazine rings is 1. The Morgan fingerprint density at radius 2 is 1.90 bits per heavy atom. The largest absolute Gasteiger partial charge is 0.508 e. The molecule has 0 unspecified atom stereocenters. The molecule has 0 saturated carbocycles. The third-order valence-electron chi connectivity index (χ3n) is 4.91. The molecule has 29 heavy (non-hydrogen) atoms. The third-order valence-corrected chi connectivity index (χ3v) is 4.91. The number of hydrogen-bond donors (Lipinski definition) is 4. The summed E-state index contributed by atoms with van der Waals surface area (Å²) in [5.74, 6) is 0.739. The first-order valence-corrected chi connectivity index (χ1v) is 9.62. The molecule has 1 saturated heterocycles. The lowest BCUT2D eigenvalue weighted by Gasteiger charge is -2.29. The first kappa shape index (κ1) is 21.0. The molecule has 2 atom stereocenters. The number of aliphatic hydroxyl groups is 1. The molecule has 1 aromatic carbocycles. The minimum Gasteiger partial charge on any atom is -0.508 e. The van der Waals surface area contributed by atoms with Gasteiger partial charge in [0.15, 0.2) is 0 Å². The number of rotatable bonds is 7. The van der Waals surface area contributed by atoms with Crippen molar-refractivity contribution in [3.8, 4) is 5.75 Å². The van der Waals surface area contributed by atoms with Crippen LogP contribution in [0, 0.1) is 0 Å². The molecule has 1 aromatic heterocycles. The Hall–Kier alpha value is -2.69. The van der Waals surface area contributed by atoms with E-state index in [4.69, 9.17) is 4.42 Å². The van der Waals surface area contributed by atoms with Gasteiger partial charge >= 0.3 is 6.03 Å². The van der Waals surface area contributed by atoms with Gasteiger partial charge in [0, 0.05) is 32.6 Å². The number of urea groups is 1. The minimum absolute atomic E-state index is 0.162. The van der Waals surface area contributed by atoms with E-state index < -0.39 is 12.1 Å². The number of aromatic hydroxyl groups is 1.